The molecule has 0 saturated heterocycles. The smallest absolute Gasteiger partial charge is 0.0844 e. The predicted molar refractivity (Wildman–Crippen MR) is 42.6 cm³/mol. The Balaban J connectivity index is 2.72. The standard InChI is InChI=1S/C5H12BrOP/c1-5(2)3-4-7-8-6/h5,8H,3-4H2,1-2H3. The Hall–Kier alpha value is 0.870. The zero-order chi connectivity index (χ0) is 6.41. The van der Waals surface area contributed by atoms with Gasteiger partial charge in [-0.1, -0.05) is 13.8 Å². The highest BCUT2D eigenvalue weighted by Crippen LogP contribution is 2.21. The second kappa shape index (κ2) is 6.00. The van der Waals surface area contributed by atoms with E-state index in [9.17, 15) is 0 Å². The molecule has 0 saturated carbocycles. The van der Waals surface area contributed by atoms with Gasteiger partial charge in [-0.05, 0) is 27.8 Å². The van der Waals surface area contributed by atoms with Gasteiger partial charge in [-0.3, -0.25) is 0 Å². The van der Waals surface area contributed by atoms with Gasteiger partial charge in [-0.25, -0.2) is 0 Å². The molecule has 8 heavy (non-hydrogen) atoms. The summed E-state index contributed by atoms with van der Waals surface area (Å²) in [7, 11) is 0.470. The number of halogens is 1. The molecule has 0 spiro atoms. The lowest BCUT2D eigenvalue weighted by Crippen LogP contribution is -1.91. The Morgan fingerprint density at radius 2 is 2.25 bits per heavy atom. The SMILES string of the molecule is CC(C)CCOPBr. The quantitative estimate of drug-likeness (QED) is 0.499. The van der Waals surface area contributed by atoms with Crippen LogP contribution in [0.1, 0.15) is 20.3 Å². The van der Waals surface area contributed by atoms with E-state index < -0.39 is 0 Å². The van der Waals surface area contributed by atoms with Crippen molar-refractivity contribution >= 4 is 23.0 Å². The topological polar surface area (TPSA) is 9.23 Å². The molecule has 3 heteroatoms. The van der Waals surface area contributed by atoms with Crippen molar-refractivity contribution in [3.8, 4) is 0 Å². The van der Waals surface area contributed by atoms with Crippen molar-refractivity contribution in [1.82, 2.24) is 0 Å². The summed E-state index contributed by atoms with van der Waals surface area (Å²) in [5.41, 5.74) is 0. The fraction of sp³-hybridized carbons (Fsp3) is 1.00. The minimum absolute atomic E-state index is 0.470. The van der Waals surface area contributed by atoms with Gasteiger partial charge >= 0.3 is 0 Å². The molecule has 0 aliphatic heterocycles. The van der Waals surface area contributed by atoms with Gasteiger partial charge in [0.05, 0.1) is 14.1 Å². The average Bonchev–Trinajstić information content (AvgIpc) is 1.66. The normalized spacial score (nSPS) is 12.0. The Labute approximate surface area is 60.8 Å². The van der Waals surface area contributed by atoms with E-state index >= 15 is 0 Å². The van der Waals surface area contributed by atoms with Crippen LogP contribution >= 0.6 is 23.0 Å². The molecular weight excluding hydrogens is 187 g/mol. The van der Waals surface area contributed by atoms with Gasteiger partial charge in [0.15, 0.2) is 0 Å². The van der Waals surface area contributed by atoms with Crippen LogP contribution in [0.4, 0.5) is 0 Å². The summed E-state index contributed by atoms with van der Waals surface area (Å²) in [5, 5.41) is 0. The molecule has 1 unspecified atom stereocenters. The van der Waals surface area contributed by atoms with Crippen molar-refractivity contribution in [3.05, 3.63) is 0 Å². The lowest BCUT2D eigenvalue weighted by atomic mass is 10.2. The summed E-state index contributed by atoms with van der Waals surface area (Å²) in [5.74, 6) is 0.763. The molecule has 0 radical (unpaired) electrons. The summed E-state index contributed by atoms with van der Waals surface area (Å²) in [6.45, 7) is 5.28. The van der Waals surface area contributed by atoms with E-state index in [1.165, 1.54) is 6.42 Å². The molecule has 0 bridgehead atoms. The van der Waals surface area contributed by atoms with Crippen LogP contribution in [0.25, 0.3) is 0 Å². The molecular formula is C5H12BrOP. The number of hydrogen-bond acceptors (Lipinski definition) is 1. The van der Waals surface area contributed by atoms with Crippen molar-refractivity contribution in [1.29, 1.82) is 0 Å². The fourth-order valence-electron chi connectivity index (χ4n) is 0.333. The average molecular weight is 199 g/mol. The van der Waals surface area contributed by atoms with Gasteiger partial charge in [-0.2, -0.15) is 0 Å². The molecule has 0 aliphatic carbocycles. The van der Waals surface area contributed by atoms with Crippen LogP contribution in [0, 0.1) is 5.92 Å². The maximum atomic E-state index is 5.09. The maximum Gasteiger partial charge on any atom is 0.0844 e. The zero-order valence-corrected chi connectivity index (χ0v) is 7.86. The molecule has 0 amide bonds. The Kier molecular flexibility index (Phi) is 6.65. The Morgan fingerprint density at radius 1 is 1.62 bits per heavy atom. The monoisotopic (exact) mass is 198 g/mol. The lowest BCUT2D eigenvalue weighted by Gasteiger charge is -2.01. The van der Waals surface area contributed by atoms with Gasteiger partial charge in [0.2, 0.25) is 0 Å². The van der Waals surface area contributed by atoms with Crippen LogP contribution < -0.4 is 0 Å². The fourth-order valence-corrected chi connectivity index (χ4v) is 1.01. The van der Waals surface area contributed by atoms with Gasteiger partial charge < -0.3 is 4.52 Å². The van der Waals surface area contributed by atoms with Crippen molar-refractivity contribution in [2.45, 2.75) is 20.3 Å². The van der Waals surface area contributed by atoms with Gasteiger partial charge in [0.1, 0.15) is 0 Å². The third-order valence-electron chi connectivity index (χ3n) is 0.852. The van der Waals surface area contributed by atoms with Crippen LogP contribution in [0.15, 0.2) is 0 Å². The molecule has 0 aromatic rings. The minimum atomic E-state index is 0.470. The molecule has 1 atom stereocenters. The van der Waals surface area contributed by atoms with Crippen molar-refractivity contribution in [2.75, 3.05) is 6.61 Å². The van der Waals surface area contributed by atoms with Crippen molar-refractivity contribution in [2.24, 2.45) is 5.92 Å². The van der Waals surface area contributed by atoms with Crippen LogP contribution in [0.5, 0.6) is 0 Å². The molecule has 0 aromatic carbocycles. The maximum absolute atomic E-state index is 5.09. The summed E-state index contributed by atoms with van der Waals surface area (Å²) < 4.78 is 5.09. The number of hydrogen-bond donors (Lipinski definition) is 0. The first-order chi connectivity index (χ1) is 3.77. The van der Waals surface area contributed by atoms with E-state index in [4.69, 9.17) is 4.52 Å². The Bertz CT molecular complexity index is 49.7. The van der Waals surface area contributed by atoms with E-state index in [-0.39, 0.29) is 0 Å². The van der Waals surface area contributed by atoms with Gasteiger partial charge in [0, 0.05) is 0 Å². The van der Waals surface area contributed by atoms with E-state index in [0.717, 1.165) is 12.5 Å². The van der Waals surface area contributed by atoms with E-state index in [1.807, 2.05) is 0 Å². The highest BCUT2D eigenvalue weighted by molar-refractivity contribution is 9.36. The van der Waals surface area contributed by atoms with Gasteiger partial charge in [-0.15, -0.1) is 0 Å². The zero-order valence-electron chi connectivity index (χ0n) is 5.28. The molecule has 0 rings (SSSR count). The summed E-state index contributed by atoms with van der Waals surface area (Å²) in [6.07, 6.45) is 1.17. The second-order valence-corrected chi connectivity index (χ2v) is 3.52. The largest absolute Gasteiger partial charge is 0.351 e. The molecule has 0 aromatic heterocycles. The lowest BCUT2D eigenvalue weighted by molar-refractivity contribution is 0.332. The molecule has 0 aliphatic rings. The molecule has 0 heterocycles. The minimum Gasteiger partial charge on any atom is -0.351 e. The van der Waals surface area contributed by atoms with Crippen LogP contribution in [0.3, 0.4) is 0 Å². The first kappa shape index (κ1) is 8.87. The van der Waals surface area contributed by atoms with Crippen molar-refractivity contribution in [3.63, 3.8) is 0 Å². The third kappa shape index (κ3) is 6.87. The molecule has 50 valence electrons. The Morgan fingerprint density at radius 3 is 2.62 bits per heavy atom. The molecule has 1 nitrogen and oxygen atoms in total. The van der Waals surface area contributed by atoms with E-state index in [0.29, 0.717) is 7.51 Å². The first-order valence-electron chi connectivity index (χ1n) is 2.74. The van der Waals surface area contributed by atoms with Crippen molar-refractivity contribution < 1.29 is 4.52 Å². The summed E-state index contributed by atoms with van der Waals surface area (Å²) >= 11 is 3.21. The second-order valence-electron chi connectivity index (χ2n) is 2.11. The van der Waals surface area contributed by atoms with E-state index in [1.54, 1.807) is 0 Å². The van der Waals surface area contributed by atoms with Crippen LogP contribution in [0.2, 0.25) is 0 Å². The molecule has 0 N–H and O–H groups in total. The third-order valence-corrected chi connectivity index (χ3v) is 1.85. The predicted octanol–water partition coefficient (Wildman–Crippen LogP) is 2.95. The van der Waals surface area contributed by atoms with Crippen LogP contribution in [-0.4, -0.2) is 6.61 Å². The first-order valence-corrected chi connectivity index (χ1v) is 5.91. The highest BCUT2D eigenvalue weighted by atomic mass is 79.9. The summed E-state index contributed by atoms with van der Waals surface area (Å²) in [6, 6.07) is 0. The highest BCUT2D eigenvalue weighted by Gasteiger charge is 1.91. The summed E-state index contributed by atoms with van der Waals surface area (Å²) in [4.78, 5) is 0. The van der Waals surface area contributed by atoms with Gasteiger partial charge in [0.25, 0.3) is 0 Å². The van der Waals surface area contributed by atoms with E-state index in [2.05, 4.69) is 29.3 Å². The number of rotatable bonds is 4. The van der Waals surface area contributed by atoms with Crippen LogP contribution in [-0.2, 0) is 4.52 Å². The molecule has 0 fully saturated rings.